The normalized spacial score (nSPS) is 12.2. The number of imidazole rings is 1. The summed E-state index contributed by atoms with van der Waals surface area (Å²) >= 11 is 9.46. The molecular weight excluding hydrogens is 799 g/mol. The average Bonchev–Trinajstić information content (AvgIpc) is 3.71. The Bertz CT molecular complexity index is 1740. The number of nitrogens with one attached hydrogen (secondary N) is 1. The second-order valence-electron chi connectivity index (χ2n) is 12.7. The van der Waals surface area contributed by atoms with Crippen molar-refractivity contribution in [3.05, 3.63) is 145 Å². The van der Waals surface area contributed by atoms with Crippen LogP contribution in [0.25, 0.3) is 22.6 Å². The first-order valence-electron chi connectivity index (χ1n) is 14.6. The Hall–Kier alpha value is -3.10. The Morgan fingerprint density at radius 2 is 1.27 bits per heavy atom. The molecule has 0 unspecified atom stereocenters. The molecule has 45 heavy (non-hydrogen) atoms. The Labute approximate surface area is 298 Å². The van der Waals surface area contributed by atoms with Gasteiger partial charge in [0.15, 0.2) is 6.20 Å². The lowest BCUT2D eigenvalue weighted by atomic mass is 9.87. The highest BCUT2D eigenvalue weighted by Crippen LogP contribution is 2.29. The summed E-state index contributed by atoms with van der Waals surface area (Å²) in [5, 5.41) is 2.79. The molecular formula is C38H38Br2IN4+. The SMILES string of the molecule is CC(C)(C)c1cc(Br)cc(-n2cnc(-c3ccccc3)c2)c1.CC(C)(C)c1cc(Br)cc(I)c1.[C+]1=NC(c2ccccc2)=CN1. The van der Waals surface area contributed by atoms with E-state index in [9.17, 15) is 0 Å². The van der Waals surface area contributed by atoms with Gasteiger partial charge in [-0.1, -0.05) is 122 Å². The minimum Gasteiger partial charge on any atom is -0.306 e. The van der Waals surface area contributed by atoms with Crippen molar-refractivity contribution >= 4 is 66.5 Å². The van der Waals surface area contributed by atoms with Gasteiger partial charge >= 0.3 is 0 Å². The summed E-state index contributed by atoms with van der Waals surface area (Å²) in [7, 11) is 0. The number of aromatic nitrogens is 2. The summed E-state index contributed by atoms with van der Waals surface area (Å²) in [5.74, 6) is 0. The number of hydrogen-bond donors (Lipinski definition) is 1. The quantitative estimate of drug-likeness (QED) is 0.145. The fourth-order valence-corrected chi connectivity index (χ4v) is 6.42. The molecule has 0 aliphatic carbocycles. The van der Waals surface area contributed by atoms with Gasteiger partial charge in [0.05, 0.1) is 17.6 Å². The topological polar surface area (TPSA) is 42.2 Å². The maximum atomic E-state index is 4.53. The Morgan fingerprint density at radius 3 is 1.80 bits per heavy atom. The van der Waals surface area contributed by atoms with E-state index < -0.39 is 0 Å². The summed E-state index contributed by atoms with van der Waals surface area (Å²) in [6, 6.07) is 33.3. The lowest BCUT2D eigenvalue weighted by Crippen LogP contribution is -2.11. The molecule has 0 spiro atoms. The number of rotatable bonds is 3. The molecule has 0 saturated carbocycles. The second kappa shape index (κ2) is 15.5. The maximum Gasteiger partial charge on any atom is 0.253 e. The molecule has 0 saturated heterocycles. The van der Waals surface area contributed by atoms with Gasteiger partial charge in [-0.25, -0.2) is 4.98 Å². The van der Waals surface area contributed by atoms with Crippen molar-refractivity contribution < 1.29 is 0 Å². The molecule has 6 rings (SSSR count). The number of aliphatic imine (C=N–C) groups is 1. The van der Waals surface area contributed by atoms with Crippen LogP contribution in [0.4, 0.5) is 0 Å². The molecule has 4 nitrogen and oxygen atoms in total. The van der Waals surface area contributed by atoms with Crippen molar-refractivity contribution in [1.82, 2.24) is 14.9 Å². The minimum atomic E-state index is 0.112. The molecule has 1 aromatic heterocycles. The maximum absolute atomic E-state index is 4.53. The number of halogens is 3. The largest absolute Gasteiger partial charge is 0.306 e. The Kier molecular flexibility index (Phi) is 11.9. The van der Waals surface area contributed by atoms with E-state index in [1.165, 1.54) is 19.2 Å². The highest BCUT2D eigenvalue weighted by Gasteiger charge is 2.16. The molecule has 1 N–H and O–H groups in total. The minimum absolute atomic E-state index is 0.112. The monoisotopic (exact) mass is 835 g/mol. The van der Waals surface area contributed by atoms with E-state index in [-0.39, 0.29) is 10.8 Å². The fraction of sp³-hybridized carbons (Fsp3) is 0.211. The molecule has 0 bridgehead atoms. The highest BCUT2D eigenvalue weighted by atomic mass is 127. The zero-order valence-corrected chi connectivity index (χ0v) is 31.8. The van der Waals surface area contributed by atoms with E-state index in [0.717, 1.165) is 32.7 Å². The van der Waals surface area contributed by atoms with E-state index in [4.69, 9.17) is 0 Å². The van der Waals surface area contributed by atoms with E-state index in [1.54, 1.807) is 0 Å². The Balaban J connectivity index is 0.000000169. The number of benzene rings is 4. The van der Waals surface area contributed by atoms with Gasteiger partial charge < -0.3 is 4.57 Å². The standard InChI is InChI=1S/C19H19BrN2.C10H12BrI.C9H7N2/c1-19(2,3)15-9-16(20)11-17(10-15)22-12-18(21-13-22)14-7-5-4-6-8-14;1-10(2,3)7-4-8(11)6-9(12)5-7;1-2-4-8(5-3-1)9-6-10-7-11-9/h4-13H,1-3H3;4-6H,1-3H3;1-6H,(H,10,11)/q;;+1. The molecule has 0 amide bonds. The van der Waals surface area contributed by atoms with Gasteiger partial charge in [0.25, 0.3) is 6.34 Å². The molecule has 1 aliphatic heterocycles. The van der Waals surface area contributed by atoms with E-state index in [2.05, 4.69) is 177 Å². The zero-order valence-electron chi connectivity index (χ0n) is 26.4. The third kappa shape index (κ3) is 10.5. The van der Waals surface area contributed by atoms with Crippen LogP contribution in [0.1, 0.15) is 58.2 Å². The van der Waals surface area contributed by atoms with Crippen LogP contribution in [0.15, 0.2) is 130 Å². The van der Waals surface area contributed by atoms with Crippen molar-refractivity contribution in [2.45, 2.75) is 52.4 Å². The Morgan fingerprint density at radius 1 is 0.711 bits per heavy atom. The first kappa shape index (κ1) is 34.8. The molecule has 7 heteroatoms. The molecule has 230 valence electrons. The molecule has 0 fully saturated rings. The van der Waals surface area contributed by atoms with Gasteiger partial charge in [-0.15, -0.1) is 0 Å². The van der Waals surface area contributed by atoms with Crippen LogP contribution in [-0.2, 0) is 10.8 Å². The first-order valence-corrected chi connectivity index (χ1v) is 17.3. The van der Waals surface area contributed by atoms with Crippen LogP contribution < -0.4 is 5.32 Å². The molecule has 0 radical (unpaired) electrons. The van der Waals surface area contributed by atoms with Crippen LogP contribution in [-0.4, -0.2) is 15.9 Å². The van der Waals surface area contributed by atoms with Crippen molar-refractivity contribution in [2.75, 3.05) is 0 Å². The summed E-state index contributed by atoms with van der Waals surface area (Å²) in [4.78, 5) is 8.54. The lowest BCUT2D eigenvalue weighted by molar-refractivity contribution is 0.589. The van der Waals surface area contributed by atoms with Crippen LogP contribution in [0.3, 0.4) is 0 Å². The third-order valence-electron chi connectivity index (χ3n) is 6.95. The van der Waals surface area contributed by atoms with Gasteiger partial charge in [-0.3, -0.25) is 0 Å². The summed E-state index contributed by atoms with van der Waals surface area (Å²) < 4.78 is 5.61. The molecule has 4 aromatic carbocycles. The molecule has 0 atom stereocenters. The van der Waals surface area contributed by atoms with Crippen LogP contribution >= 0.6 is 54.5 Å². The van der Waals surface area contributed by atoms with E-state index in [0.29, 0.717) is 0 Å². The first-order chi connectivity index (χ1) is 21.3. The van der Waals surface area contributed by atoms with Crippen LogP contribution in [0.5, 0.6) is 0 Å². The third-order valence-corrected chi connectivity index (χ3v) is 8.49. The van der Waals surface area contributed by atoms with Crippen molar-refractivity contribution in [1.29, 1.82) is 0 Å². The fourth-order valence-electron chi connectivity index (χ4n) is 4.35. The predicted octanol–water partition coefficient (Wildman–Crippen LogP) is 11.4. The van der Waals surface area contributed by atoms with Gasteiger partial charge in [0.2, 0.25) is 5.70 Å². The summed E-state index contributed by atoms with van der Waals surface area (Å²) in [6.45, 7) is 13.4. The van der Waals surface area contributed by atoms with Crippen molar-refractivity contribution in [3.8, 4) is 16.9 Å². The zero-order chi connectivity index (χ0) is 32.6. The smallest absolute Gasteiger partial charge is 0.253 e. The predicted molar refractivity (Wildman–Crippen MR) is 206 cm³/mol. The lowest BCUT2D eigenvalue weighted by Gasteiger charge is -2.20. The average molecular weight is 837 g/mol. The van der Waals surface area contributed by atoms with Gasteiger partial charge in [-0.2, -0.15) is 5.32 Å². The van der Waals surface area contributed by atoms with E-state index in [1.807, 2.05) is 61.1 Å². The molecule has 1 aliphatic rings. The van der Waals surface area contributed by atoms with Crippen molar-refractivity contribution in [2.24, 2.45) is 4.99 Å². The summed E-state index contributed by atoms with van der Waals surface area (Å²) in [5.41, 5.74) is 8.31. The van der Waals surface area contributed by atoms with Crippen LogP contribution in [0.2, 0.25) is 0 Å². The molecule has 5 aromatic rings. The summed E-state index contributed by atoms with van der Waals surface area (Å²) in [6.07, 6.45) is 8.43. The van der Waals surface area contributed by atoms with Gasteiger partial charge in [0.1, 0.15) is 0 Å². The highest BCUT2D eigenvalue weighted by molar-refractivity contribution is 14.1. The number of hydrogen-bond acceptors (Lipinski definition) is 3. The second-order valence-corrected chi connectivity index (χ2v) is 15.7. The van der Waals surface area contributed by atoms with Crippen molar-refractivity contribution in [3.63, 3.8) is 0 Å². The van der Waals surface area contributed by atoms with E-state index >= 15 is 0 Å². The number of nitrogens with zero attached hydrogens (tertiary/aromatic N) is 3. The van der Waals surface area contributed by atoms with Gasteiger partial charge in [0, 0.05) is 30.0 Å². The molecule has 2 heterocycles. The van der Waals surface area contributed by atoms with Crippen LogP contribution in [0, 0.1) is 3.57 Å². The van der Waals surface area contributed by atoms with Gasteiger partial charge in [-0.05, 0) is 98.1 Å².